The van der Waals surface area contributed by atoms with Gasteiger partial charge in [-0.05, 0) is 61.7 Å². The molecular weight excluding hydrogens is 414 g/mol. The molecule has 3 rings (SSSR count). The largest absolute Gasteiger partial charge is 0.497 e. The van der Waals surface area contributed by atoms with Crippen LogP contribution in [0.15, 0.2) is 18.2 Å². The van der Waals surface area contributed by atoms with Gasteiger partial charge in [0.2, 0.25) is 0 Å². The molecule has 1 amide bonds. The molecule has 2 fully saturated rings. The van der Waals surface area contributed by atoms with Crippen molar-refractivity contribution in [2.45, 2.75) is 57.5 Å². The number of likely N-dealkylation sites (tertiary alicyclic amines) is 1. The van der Waals surface area contributed by atoms with E-state index in [-0.39, 0.29) is 18.2 Å². The van der Waals surface area contributed by atoms with Crippen LogP contribution in [-0.2, 0) is 11.2 Å². The van der Waals surface area contributed by atoms with E-state index in [1.807, 2.05) is 23.1 Å². The van der Waals surface area contributed by atoms with E-state index in [0.29, 0.717) is 6.61 Å². The SMILES string of the molecule is CCCCC1COC(=O)N1C1CCN(C(=S)NCCc2cc(OC)ccc2OC)CC1. The Balaban J connectivity index is 1.46. The Morgan fingerprint density at radius 2 is 2.03 bits per heavy atom. The maximum absolute atomic E-state index is 12.3. The van der Waals surface area contributed by atoms with Crippen LogP contribution in [0.1, 0.15) is 44.6 Å². The number of rotatable bonds is 9. The Morgan fingerprint density at radius 1 is 1.26 bits per heavy atom. The molecule has 0 spiro atoms. The van der Waals surface area contributed by atoms with Crippen LogP contribution in [0.3, 0.4) is 0 Å². The summed E-state index contributed by atoms with van der Waals surface area (Å²) in [5.41, 5.74) is 1.08. The standard InChI is InChI=1S/C23H35N3O4S/c1-4-5-6-19-16-30-23(27)26(19)18-10-13-25(14-11-18)22(31)24-12-9-17-15-20(28-2)7-8-21(17)29-3/h7-8,15,18-19H,4-6,9-14,16H2,1-3H3,(H,24,31). The number of thiocarbonyl (C=S) groups is 1. The summed E-state index contributed by atoms with van der Waals surface area (Å²) in [6.07, 6.45) is 5.77. The number of benzene rings is 1. The normalized spacial score (nSPS) is 19.3. The Labute approximate surface area is 191 Å². The molecule has 0 aliphatic carbocycles. The lowest BCUT2D eigenvalue weighted by Crippen LogP contribution is -2.51. The van der Waals surface area contributed by atoms with Gasteiger partial charge in [-0.3, -0.25) is 4.90 Å². The van der Waals surface area contributed by atoms with Crippen molar-refractivity contribution in [3.05, 3.63) is 23.8 Å². The van der Waals surface area contributed by atoms with Crippen molar-refractivity contribution in [1.29, 1.82) is 0 Å². The third-order valence-electron chi connectivity index (χ3n) is 6.20. The first-order chi connectivity index (χ1) is 15.1. The number of piperidine rings is 1. The van der Waals surface area contributed by atoms with Gasteiger partial charge < -0.3 is 24.4 Å². The highest BCUT2D eigenvalue weighted by Gasteiger charge is 2.39. The third-order valence-corrected chi connectivity index (χ3v) is 6.60. The van der Waals surface area contributed by atoms with Crippen molar-refractivity contribution < 1.29 is 19.0 Å². The second-order valence-corrected chi connectivity index (χ2v) is 8.54. The molecule has 2 aliphatic heterocycles. The van der Waals surface area contributed by atoms with Gasteiger partial charge in [0.25, 0.3) is 0 Å². The summed E-state index contributed by atoms with van der Waals surface area (Å²) in [5, 5.41) is 4.15. The van der Waals surface area contributed by atoms with Gasteiger partial charge >= 0.3 is 6.09 Å². The van der Waals surface area contributed by atoms with Crippen LogP contribution in [0.2, 0.25) is 0 Å². The molecule has 1 aromatic rings. The lowest BCUT2D eigenvalue weighted by atomic mass is 10.0. The molecule has 0 aromatic heterocycles. The third kappa shape index (κ3) is 5.93. The number of ether oxygens (including phenoxy) is 3. The van der Waals surface area contributed by atoms with E-state index in [0.717, 1.165) is 80.3 Å². The number of amides is 1. The molecule has 8 heteroatoms. The molecule has 0 saturated carbocycles. The number of unbranched alkanes of at least 4 members (excludes halogenated alkanes) is 1. The number of hydrogen-bond acceptors (Lipinski definition) is 5. The van der Waals surface area contributed by atoms with E-state index >= 15 is 0 Å². The topological polar surface area (TPSA) is 63.3 Å². The van der Waals surface area contributed by atoms with E-state index in [9.17, 15) is 4.79 Å². The maximum atomic E-state index is 12.3. The smallest absolute Gasteiger partial charge is 0.410 e. The van der Waals surface area contributed by atoms with E-state index in [2.05, 4.69) is 17.1 Å². The van der Waals surface area contributed by atoms with Gasteiger partial charge in [-0.15, -0.1) is 0 Å². The van der Waals surface area contributed by atoms with Gasteiger partial charge in [0, 0.05) is 25.7 Å². The summed E-state index contributed by atoms with van der Waals surface area (Å²) in [6, 6.07) is 6.30. The molecular formula is C23H35N3O4S. The Hall–Kier alpha value is -2.22. The lowest BCUT2D eigenvalue weighted by Gasteiger charge is -2.38. The highest BCUT2D eigenvalue weighted by atomic mass is 32.1. The molecule has 2 saturated heterocycles. The van der Waals surface area contributed by atoms with Crippen LogP contribution < -0.4 is 14.8 Å². The zero-order valence-corrected chi connectivity index (χ0v) is 19.7. The van der Waals surface area contributed by atoms with Crippen molar-refractivity contribution in [3.63, 3.8) is 0 Å². The molecule has 31 heavy (non-hydrogen) atoms. The van der Waals surface area contributed by atoms with Crippen LogP contribution in [0.25, 0.3) is 0 Å². The van der Waals surface area contributed by atoms with Crippen LogP contribution in [0.4, 0.5) is 4.79 Å². The van der Waals surface area contributed by atoms with Gasteiger partial charge in [0.15, 0.2) is 5.11 Å². The van der Waals surface area contributed by atoms with Crippen LogP contribution >= 0.6 is 12.2 Å². The highest BCUT2D eigenvalue weighted by molar-refractivity contribution is 7.80. The number of hydrogen-bond donors (Lipinski definition) is 1. The number of nitrogens with one attached hydrogen (secondary N) is 1. The van der Waals surface area contributed by atoms with E-state index < -0.39 is 0 Å². The summed E-state index contributed by atoms with van der Waals surface area (Å²) < 4.78 is 16.1. The predicted octanol–water partition coefficient (Wildman–Crippen LogP) is 3.60. The zero-order valence-electron chi connectivity index (χ0n) is 18.9. The molecule has 1 aromatic carbocycles. The number of carbonyl (C=O) groups is 1. The van der Waals surface area contributed by atoms with E-state index in [4.69, 9.17) is 26.4 Å². The molecule has 172 valence electrons. The number of nitrogens with zero attached hydrogens (tertiary/aromatic N) is 2. The molecule has 1 unspecified atom stereocenters. The van der Waals surface area contributed by atoms with Gasteiger partial charge in [-0.25, -0.2) is 4.79 Å². The molecule has 7 nitrogen and oxygen atoms in total. The summed E-state index contributed by atoms with van der Waals surface area (Å²) in [7, 11) is 3.34. The van der Waals surface area contributed by atoms with E-state index in [1.54, 1.807) is 14.2 Å². The summed E-state index contributed by atoms with van der Waals surface area (Å²) in [4.78, 5) is 16.5. The minimum absolute atomic E-state index is 0.146. The highest BCUT2D eigenvalue weighted by Crippen LogP contribution is 2.27. The minimum Gasteiger partial charge on any atom is -0.497 e. The number of cyclic esters (lactones) is 1. The van der Waals surface area contributed by atoms with Crippen LogP contribution in [0.5, 0.6) is 11.5 Å². The Morgan fingerprint density at radius 3 is 2.71 bits per heavy atom. The second-order valence-electron chi connectivity index (χ2n) is 8.16. The summed E-state index contributed by atoms with van der Waals surface area (Å²) >= 11 is 5.63. The zero-order chi connectivity index (χ0) is 22.2. The maximum Gasteiger partial charge on any atom is 0.410 e. The first-order valence-corrected chi connectivity index (χ1v) is 11.7. The van der Waals surface area contributed by atoms with Crippen molar-refractivity contribution in [1.82, 2.24) is 15.1 Å². The fourth-order valence-corrected chi connectivity index (χ4v) is 4.71. The number of carbonyl (C=O) groups excluding carboxylic acids is 1. The quantitative estimate of drug-likeness (QED) is 0.578. The summed E-state index contributed by atoms with van der Waals surface area (Å²) in [5.74, 6) is 1.67. The fourth-order valence-electron chi connectivity index (χ4n) is 4.42. The van der Waals surface area contributed by atoms with E-state index in [1.165, 1.54) is 0 Å². The molecule has 0 radical (unpaired) electrons. The predicted molar refractivity (Wildman–Crippen MR) is 125 cm³/mol. The number of methoxy groups -OCH3 is 2. The van der Waals surface area contributed by atoms with Crippen molar-refractivity contribution in [2.24, 2.45) is 0 Å². The molecule has 1 atom stereocenters. The van der Waals surface area contributed by atoms with Gasteiger partial charge in [0.1, 0.15) is 18.1 Å². The van der Waals surface area contributed by atoms with Crippen molar-refractivity contribution in [3.8, 4) is 11.5 Å². The average molecular weight is 450 g/mol. The first kappa shape index (κ1) is 23.4. The Bertz CT molecular complexity index is 752. The van der Waals surface area contributed by atoms with Crippen molar-refractivity contribution >= 4 is 23.4 Å². The molecule has 1 N–H and O–H groups in total. The minimum atomic E-state index is -0.146. The molecule has 2 aliphatic rings. The first-order valence-electron chi connectivity index (χ1n) is 11.3. The average Bonchev–Trinajstić information content (AvgIpc) is 3.17. The summed E-state index contributed by atoms with van der Waals surface area (Å²) in [6.45, 7) is 5.14. The van der Waals surface area contributed by atoms with Crippen LogP contribution in [-0.4, -0.2) is 73.5 Å². The fraction of sp³-hybridized carbons (Fsp3) is 0.652. The van der Waals surface area contributed by atoms with Gasteiger partial charge in [0.05, 0.1) is 20.3 Å². The monoisotopic (exact) mass is 449 g/mol. The van der Waals surface area contributed by atoms with Gasteiger partial charge in [-0.2, -0.15) is 0 Å². The Kier molecular flexibility index (Phi) is 8.63. The second kappa shape index (κ2) is 11.4. The molecule has 0 bridgehead atoms. The van der Waals surface area contributed by atoms with Crippen LogP contribution in [0, 0.1) is 0 Å². The molecule has 2 heterocycles. The lowest BCUT2D eigenvalue weighted by molar-refractivity contribution is 0.121. The van der Waals surface area contributed by atoms with Crippen molar-refractivity contribution in [2.75, 3.05) is 40.5 Å². The van der Waals surface area contributed by atoms with Gasteiger partial charge in [-0.1, -0.05) is 19.8 Å².